The van der Waals surface area contributed by atoms with E-state index in [-0.39, 0.29) is 0 Å². The summed E-state index contributed by atoms with van der Waals surface area (Å²) in [6, 6.07) is 14.6. The zero-order chi connectivity index (χ0) is 13.8. The van der Waals surface area contributed by atoms with Crippen LogP contribution < -0.4 is 0 Å². The Morgan fingerprint density at radius 1 is 1.05 bits per heavy atom. The molecule has 19 heavy (non-hydrogen) atoms. The van der Waals surface area contributed by atoms with Gasteiger partial charge in [0.25, 0.3) is 0 Å². The van der Waals surface area contributed by atoms with E-state index in [1.54, 1.807) is 0 Å². The van der Waals surface area contributed by atoms with Gasteiger partial charge in [-0.05, 0) is 75.4 Å². The van der Waals surface area contributed by atoms with Gasteiger partial charge >= 0.3 is 0 Å². The summed E-state index contributed by atoms with van der Waals surface area (Å²) in [4.78, 5) is 0.870. The topological polar surface area (TPSA) is 0 Å². The SMILES string of the molecule is Cc1ccc(C(=S)C=Cc2cccc(I)c2I)cc1. The van der Waals surface area contributed by atoms with Gasteiger partial charge in [0.05, 0.1) is 0 Å². The van der Waals surface area contributed by atoms with Crippen LogP contribution in [0.2, 0.25) is 0 Å². The first-order valence-corrected chi connectivity index (χ1v) is 8.37. The van der Waals surface area contributed by atoms with E-state index in [0.717, 1.165) is 10.4 Å². The third-order valence-corrected chi connectivity index (χ3v) is 6.24. The molecule has 0 saturated carbocycles. The summed E-state index contributed by atoms with van der Waals surface area (Å²) >= 11 is 10.2. The lowest BCUT2D eigenvalue weighted by atomic mass is 10.1. The van der Waals surface area contributed by atoms with Gasteiger partial charge in [-0.3, -0.25) is 0 Å². The van der Waals surface area contributed by atoms with Gasteiger partial charge in [0, 0.05) is 12.0 Å². The second-order valence-electron chi connectivity index (χ2n) is 4.21. The number of allylic oxidation sites excluding steroid dienone is 1. The number of hydrogen-bond donors (Lipinski definition) is 0. The first-order valence-electron chi connectivity index (χ1n) is 5.81. The van der Waals surface area contributed by atoms with Crippen molar-refractivity contribution in [2.45, 2.75) is 6.92 Å². The average molecular weight is 490 g/mol. The minimum absolute atomic E-state index is 0.870. The monoisotopic (exact) mass is 490 g/mol. The molecular weight excluding hydrogens is 478 g/mol. The number of aryl methyl sites for hydroxylation is 1. The third-order valence-electron chi connectivity index (χ3n) is 2.73. The van der Waals surface area contributed by atoms with Crippen molar-refractivity contribution >= 4 is 68.3 Å². The standard InChI is InChI=1S/C16H12I2S/c1-11-5-7-12(8-6-11)15(19)10-9-13-3-2-4-14(17)16(13)18/h2-10H,1H3. The highest BCUT2D eigenvalue weighted by Crippen LogP contribution is 2.20. The zero-order valence-electron chi connectivity index (χ0n) is 10.4. The van der Waals surface area contributed by atoms with Crippen molar-refractivity contribution in [1.29, 1.82) is 0 Å². The van der Waals surface area contributed by atoms with Crippen LogP contribution >= 0.6 is 57.4 Å². The van der Waals surface area contributed by atoms with Crippen LogP contribution in [-0.4, -0.2) is 4.86 Å². The smallest absolute Gasteiger partial charge is 0.0449 e. The van der Waals surface area contributed by atoms with Crippen molar-refractivity contribution < 1.29 is 0 Å². The number of thiocarbonyl (C=S) groups is 1. The second-order valence-corrected chi connectivity index (χ2v) is 6.89. The fraction of sp³-hybridized carbons (Fsp3) is 0.0625. The van der Waals surface area contributed by atoms with Crippen molar-refractivity contribution in [3.8, 4) is 0 Å². The maximum absolute atomic E-state index is 5.45. The van der Waals surface area contributed by atoms with Crippen LogP contribution in [0.3, 0.4) is 0 Å². The van der Waals surface area contributed by atoms with Gasteiger partial charge in [-0.25, -0.2) is 0 Å². The highest BCUT2D eigenvalue weighted by molar-refractivity contribution is 14.1. The molecule has 0 unspecified atom stereocenters. The minimum atomic E-state index is 0.870. The zero-order valence-corrected chi connectivity index (χ0v) is 15.5. The molecule has 0 saturated heterocycles. The quantitative estimate of drug-likeness (QED) is 0.233. The molecule has 0 amide bonds. The molecule has 2 aromatic rings. The van der Waals surface area contributed by atoms with Gasteiger partial charge in [-0.2, -0.15) is 0 Å². The first kappa shape index (κ1) is 15.1. The Balaban J connectivity index is 2.21. The lowest BCUT2D eigenvalue weighted by Crippen LogP contribution is -1.92. The molecule has 0 N–H and O–H groups in total. The van der Waals surface area contributed by atoms with Crippen LogP contribution in [0.15, 0.2) is 48.5 Å². The Hall–Kier alpha value is -0.270. The molecule has 2 rings (SSSR count). The van der Waals surface area contributed by atoms with Gasteiger partial charge in [-0.15, -0.1) is 0 Å². The number of halogens is 2. The molecule has 0 heterocycles. The fourth-order valence-electron chi connectivity index (χ4n) is 1.63. The third kappa shape index (κ3) is 4.10. The van der Waals surface area contributed by atoms with E-state index in [0.29, 0.717) is 0 Å². The van der Waals surface area contributed by atoms with Gasteiger partial charge in [0.2, 0.25) is 0 Å². The Labute approximate surface area is 146 Å². The molecule has 0 fully saturated rings. The van der Waals surface area contributed by atoms with Crippen LogP contribution in [-0.2, 0) is 0 Å². The van der Waals surface area contributed by atoms with E-state index in [4.69, 9.17) is 12.2 Å². The summed E-state index contributed by atoms with van der Waals surface area (Å²) in [5.74, 6) is 0. The Morgan fingerprint density at radius 2 is 1.74 bits per heavy atom. The maximum Gasteiger partial charge on any atom is 0.0449 e. The number of benzene rings is 2. The molecule has 0 nitrogen and oxygen atoms in total. The minimum Gasteiger partial charge on any atom is -0.0795 e. The molecule has 0 spiro atoms. The largest absolute Gasteiger partial charge is 0.0795 e. The lowest BCUT2D eigenvalue weighted by Gasteiger charge is -2.02. The molecule has 0 aliphatic rings. The molecule has 0 atom stereocenters. The lowest BCUT2D eigenvalue weighted by molar-refractivity contribution is 1.47. The Morgan fingerprint density at radius 3 is 2.42 bits per heavy atom. The summed E-state index contributed by atoms with van der Waals surface area (Å²) in [6.45, 7) is 2.08. The van der Waals surface area contributed by atoms with Crippen LogP contribution in [0.5, 0.6) is 0 Å². The van der Waals surface area contributed by atoms with E-state index in [2.05, 4.69) is 101 Å². The van der Waals surface area contributed by atoms with E-state index >= 15 is 0 Å². The number of hydrogen-bond acceptors (Lipinski definition) is 1. The Bertz CT molecular complexity index is 628. The van der Waals surface area contributed by atoms with Crippen molar-refractivity contribution in [2.24, 2.45) is 0 Å². The average Bonchev–Trinajstić information content (AvgIpc) is 2.41. The summed E-state index contributed by atoms with van der Waals surface area (Å²) in [7, 11) is 0. The predicted molar refractivity (Wildman–Crippen MR) is 104 cm³/mol. The van der Waals surface area contributed by atoms with Crippen molar-refractivity contribution in [1.82, 2.24) is 0 Å². The molecule has 0 aliphatic heterocycles. The molecule has 96 valence electrons. The molecule has 0 aromatic heterocycles. The highest BCUT2D eigenvalue weighted by atomic mass is 127. The molecule has 2 aromatic carbocycles. The van der Waals surface area contributed by atoms with Crippen molar-refractivity contribution in [2.75, 3.05) is 0 Å². The second kappa shape index (κ2) is 6.95. The van der Waals surface area contributed by atoms with Crippen LogP contribution in [0.1, 0.15) is 16.7 Å². The van der Waals surface area contributed by atoms with Crippen molar-refractivity contribution in [3.05, 3.63) is 72.4 Å². The number of rotatable bonds is 3. The summed E-state index contributed by atoms with van der Waals surface area (Å²) in [5.41, 5.74) is 3.56. The summed E-state index contributed by atoms with van der Waals surface area (Å²) in [6.07, 6.45) is 4.10. The van der Waals surface area contributed by atoms with Gasteiger partial charge in [-0.1, -0.05) is 60.3 Å². The van der Waals surface area contributed by atoms with E-state index in [1.165, 1.54) is 18.3 Å². The molecule has 3 heteroatoms. The van der Waals surface area contributed by atoms with Gasteiger partial charge in [0.1, 0.15) is 0 Å². The maximum atomic E-state index is 5.45. The molecule has 0 radical (unpaired) electrons. The highest BCUT2D eigenvalue weighted by Gasteiger charge is 2.01. The Kier molecular flexibility index (Phi) is 5.53. The molecule has 0 aliphatic carbocycles. The van der Waals surface area contributed by atoms with E-state index in [9.17, 15) is 0 Å². The normalized spacial score (nSPS) is 10.9. The summed E-state index contributed by atoms with van der Waals surface area (Å²) < 4.78 is 2.53. The van der Waals surface area contributed by atoms with Crippen LogP contribution in [0.4, 0.5) is 0 Å². The first-order chi connectivity index (χ1) is 9.08. The molecular formula is C16H12I2S. The summed E-state index contributed by atoms with van der Waals surface area (Å²) in [5, 5.41) is 0. The molecule has 0 bridgehead atoms. The van der Waals surface area contributed by atoms with E-state index < -0.39 is 0 Å². The van der Waals surface area contributed by atoms with Crippen molar-refractivity contribution in [3.63, 3.8) is 0 Å². The van der Waals surface area contributed by atoms with Crippen LogP contribution in [0.25, 0.3) is 6.08 Å². The van der Waals surface area contributed by atoms with Gasteiger partial charge < -0.3 is 0 Å². The van der Waals surface area contributed by atoms with Gasteiger partial charge in [0.15, 0.2) is 0 Å². The van der Waals surface area contributed by atoms with E-state index in [1.807, 2.05) is 6.08 Å². The van der Waals surface area contributed by atoms with Crippen LogP contribution in [0, 0.1) is 14.1 Å². The predicted octanol–water partition coefficient (Wildman–Crippen LogP) is 5.64. The fourth-order valence-corrected chi connectivity index (χ4v) is 2.89.